The number of hydrogen-bond donors (Lipinski definition) is 1. The van der Waals surface area contributed by atoms with Crippen LogP contribution in [-0.4, -0.2) is 4.98 Å². The number of nitrogens with two attached hydrogens (primary N) is 1. The van der Waals surface area contributed by atoms with Crippen LogP contribution in [0.1, 0.15) is 25.5 Å². The van der Waals surface area contributed by atoms with Crippen LogP contribution in [0.4, 0.5) is 0 Å². The molecule has 0 saturated heterocycles. The molecule has 2 N–H and O–H groups in total. The molecule has 1 heterocycles. The third-order valence-electron chi connectivity index (χ3n) is 2.71. The first-order chi connectivity index (χ1) is 7.18. The van der Waals surface area contributed by atoms with Gasteiger partial charge in [-0.15, -0.1) is 0 Å². The van der Waals surface area contributed by atoms with Crippen LogP contribution >= 0.6 is 0 Å². The Balaban J connectivity index is 2.47. The predicted molar refractivity (Wildman–Crippen MR) is 63.5 cm³/mol. The number of hydrogen-bond acceptors (Lipinski definition) is 2. The van der Waals surface area contributed by atoms with Gasteiger partial charge in [0.05, 0.1) is 5.52 Å². The maximum atomic E-state index is 6.09. The lowest BCUT2D eigenvalue weighted by molar-refractivity contribution is 0.513. The molecule has 2 rings (SSSR count). The van der Waals surface area contributed by atoms with Crippen LogP contribution in [0.15, 0.2) is 36.5 Å². The summed E-state index contributed by atoms with van der Waals surface area (Å²) in [7, 11) is 0. The lowest BCUT2D eigenvalue weighted by atomic mass is 9.97. The zero-order valence-corrected chi connectivity index (χ0v) is 9.14. The molecule has 1 atom stereocenters. The molecule has 0 aliphatic heterocycles. The van der Waals surface area contributed by atoms with Crippen molar-refractivity contribution in [2.45, 2.75) is 19.9 Å². The number of nitrogens with zero attached hydrogens (tertiary/aromatic N) is 1. The van der Waals surface area contributed by atoms with E-state index < -0.39 is 0 Å². The molecule has 0 aliphatic carbocycles. The minimum atomic E-state index is 0.0714. The average molecular weight is 200 g/mol. The maximum Gasteiger partial charge on any atom is 0.0702 e. The third kappa shape index (κ3) is 2.00. The van der Waals surface area contributed by atoms with Crippen LogP contribution in [-0.2, 0) is 0 Å². The van der Waals surface area contributed by atoms with E-state index in [1.54, 1.807) is 0 Å². The molecule has 0 spiro atoms. The number of benzene rings is 1. The van der Waals surface area contributed by atoms with Gasteiger partial charge in [-0.25, -0.2) is 0 Å². The molecule has 1 aromatic heterocycles. The lowest BCUT2D eigenvalue weighted by Crippen LogP contribution is -2.16. The van der Waals surface area contributed by atoms with Crippen LogP contribution in [0.25, 0.3) is 10.9 Å². The fourth-order valence-electron chi connectivity index (χ4n) is 1.66. The third-order valence-corrected chi connectivity index (χ3v) is 2.71. The van der Waals surface area contributed by atoms with E-state index in [2.05, 4.69) is 31.0 Å². The van der Waals surface area contributed by atoms with Crippen LogP contribution in [0.5, 0.6) is 0 Å². The molecule has 78 valence electrons. The normalized spacial score (nSPS) is 13.3. The molecule has 1 aromatic carbocycles. The predicted octanol–water partition coefficient (Wildman–Crippen LogP) is 2.89. The molecule has 0 amide bonds. The minimum Gasteiger partial charge on any atom is -0.324 e. The first kappa shape index (κ1) is 10.1. The molecule has 0 radical (unpaired) electrons. The van der Waals surface area contributed by atoms with Crippen molar-refractivity contribution < 1.29 is 0 Å². The van der Waals surface area contributed by atoms with Crippen LogP contribution in [0.2, 0.25) is 0 Å². The van der Waals surface area contributed by atoms with Crippen molar-refractivity contribution in [2.24, 2.45) is 11.7 Å². The smallest absolute Gasteiger partial charge is 0.0702 e. The topological polar surface area (TPSA) is 38.9 Å². The Kier molecular flexibility index (Phi) is 2.69. The summed E-state index contributed by atoms with van der Waals surface area (Å²) in [6.45, 7) is 4.25. The summed E-state index contributed by atoms with van der Waals surface area (Å²) in [6, 6.07) is 10.3. The van der Waals surface area contributed by atoms with Crippen LogP contribution in [0, 0.1) is 5.92 Å². The summed E-state index contributed by atoms with van der Waals surface area (Å²) in [5, 5.41) is 1.16. The van der Waals surface area contributed by atoms with Crippen molar-refractivity contribution in [3.8, 4) is 0 Å². The molecule has 0 saturated carbocycles. The SMILES string of the molecule is CC(C)[C@@H](N)c1cnc2ccccc2c1. The molecule has 2 aromatic rings. The largest absolute Gasteiger partial charge is 0.324 e. The molecule has 0 unspecified atom stereocenters. The first-order valence-corrected chi connectivity index (χ1v) is 5.29. The van der Waals surface area contributed by atoms with E-state index in [9.17, 15) is 0 Å². The molecule has 0 bridgehead atoms. The Bertz CT molecular complexity index is 463. The average Bonchev–Trinajstić information content (AvgIpc) is 2.27. The van der Waals surface area contributed by atoms with E-state index in [1.807, 2.05) is 24.4 Å². The van der Waals surface area contributed by atoms with E-state index in [0.29, 0.717) is 5.92 Å². The standard InChI is InChI=1S/C13H16N2/c1-9(2)13(14)11-7-10-5-3-4-6-12(10)15-8-11/h3-9,13H,14H2,1-2H3/t13-/m1/s1. The number of aromatic nitrogens is 1. The van der Waals surface area contributed by atoms with Gasteiger partial charge in [-0.1, -0.05) is 32.0 Å². The van der Waals surface area contributed by atoms with E-state index in [-0.39, 0.29) is 6.04 Å². The van der Waals surface area contributed by atoms with E-state index in [4.69, 9.17) is 5.73 Å². The van der Waals surface area contributed by atoms with Gasteiger partial charge in [-0.05, 0) is 23.6 Å². The monoisotopic (exact) mass is 200 g/mol. The zero-order chi connectivity index (χ0) is 10.8. The fourth-order valence-corrected chi connectivity index (χ4v) is 1.66. The highest BCUT2D eigenvalue weighted by molar-refractivity contribution is 5.78. The Hall–Kier alpha value is -1.41. The molecule has 0 aliphatic rings. The highest BCUT2D eigenvalue weighted by atomic mass is 14.7. The maximum absolute atomic E-state index is 6.09. The quantitative estimate of drug-likeness (QED) is 0.809. The Labute approximate surface area is 90.1 Å². The van der Waals surface area contributed by atoms with Gasteiger partial charge in [0.2, 0.25) is 0 Å². The number of para-hydroxylation sites is 1. The Morgan fingerprint density at radius 3 is 2.67 bits per heavy atom. The Morgan fingerprint density at radius 2 is 1.93 bits per heavy atom. The van der Waals surface area contributed by atoms with Gasteiger partial charge in [0.15, 0.2) is 0 Å². The summed E-state index contributed by atoms with van der Waals surface area (Å²) in [5.41, 5.74) is 8.23. The van der Waals surface area contributed by atoms with Crippen molar-refractivity contribution in [1.82, 2.24) is 4.98 Å². The number of pyridine rings is 1. The van der Waals surface area contributed by atoms with E-state index in [1.165, 1.54) is 0 Å². The molecular weight excluding hydrogens is 184 g/mol. The van der Waals surface area contributed by atoms with Gasteiger partial charge >= 0.3 is 0 Å². The fraction of sp³-hybridized carbons (Fsp3) is 0.308. The van der Waals surface area contributed by atoms with Gasteiger partial charge in [0.1, 0.15) is 0 Å². The second-order valence-corrected chi connectivity index (χ2v) is 4.23. The van der Waals surface area contributed by atoms with Crippen LogP contribution in [0.3, 0.4) is 0 Å². The van der Waals surface area contributed by atoms with Crippen molar-refractivity contribution in [1.29, 1.82) is 0 Å². The summed E-state index contributed by atoms with van der Waals surface area (Å²) in [6.07, 6.45) is 1.88. The number of rotatable bonds is 2. The number of fused-ring (bicyclic) bond motifs is 1. The lowest BCUT2D eigenvalue weighted by Gasteiger charge is -2.15. The summed E-state index contributed by atoms with van der Waals surface area (Å²) in [5.74, 6) is 0.438. The summed E-state index contributed by atoms with van der Waals surface area (Å²) >= 11 is 0. The van der Waals surface area contributed by atoms with Crippen molar-refractivity contribution in [2.75, 3.05) is 0 Å². The zero-order valence-electron chi connectivity index (χ0n) is 9.14. The minimum absolute atomic E-state index is 0.0714. The second-order valence-electron chi connectivity index (χ2n) is 4.23. The molecule has 2 heteroatoms. The van der Waals surface area contributed by atoms with Crippen LogP contribution < -0.4 is 5.73 Å². The van der Waals surface area contributed by atoms with Gasteiger partial charge < -0.3 is 5.73 Å². The highest BCUT2D eigenvalue weighted by Crippen LogP contribution is 2.21. The van der Waals surface area contributed by atoms with Crippen molar-refractivity contribution in [3.63, 3.8) is 0 Å². The summed E-state index contributed by atoms with van der Waals surface area (Å²) < 4.78 is 0. The second kappa shape index (κ2) is 3.99. The molecular formula is C13H16N2. The van der Waals surface area contributed by atoms with E-state index in [0.717, 1.165) is 16.5 Å². The van der Waals surface area contributed by atoms with Gasteiger partial charge in [-0.2, -0.15) is 0 Å². The molecule has 15 heavy (non-hydrogen) atoms. The van der Waals surface area contributed by atoms with Crippen molar-refractivity contribution >= 4 is 10.9 Å². The van der Waals surface area contributed by atoms with Gasteiger partial charge in [0, 0.05) is 17.6 Å². The molecule has 2 nitrogen and oxygen atoms in total. The van der Waals surface area contributed by atoms with Gasteiger partial charge in [-0.3, -0.25) is 4.98 Å². The van der Waals surface area contributed by atoms with Gasteiger partial charge in [0.25, 0.3) is 0 Å². The molecule has 0 fully saturated rings. The van der Waals surface area contributed by atoms with Crippen molar-refractivity contribution in [3.05, 3.63) is 42.1 Å². The summed E-state index contributed by atoms with van der Waals surface area (Å²) in [4.78, 5) is 4.40. The highest BCUT2D eigenvalue weighted by Gasteiger charge is 2.10. The first-order valence-electron chi connectivity index (χ1n) is 5.29. The van der Waals surface area contributed by atoms with E-state index >= 15 is 0 Å². The Morgan fingerprint density at radius 1 is 1.20 bits per heavy atom.